The van der Waals surface area contributed by atoms with Crippen molar-refractivity contribution in [2.75, 3.05) is 5.32 Å². The summed E-state index contributed by atoms with van der Waals surface area (Å²) in [7, 11) is 0. The van der Waals surface area contributed by atoms with E-state index in [1.165, 1.54) is 16.9 Å². The van der Waals surface area contributed by atoms with Crippen molar-refractivity contribution in [2.24, 2.45) is 0 Å². The second-order valence-electron chi connectivity index (χ2n) is 6.40. The molecule has 0 aliphatic heterocycles. The number of amides is 1. The first kappa shape index (κ1) is 19.3. The lowest BCUT2D eigenvalue weighted by molar-refractivity contribution is -0.122. The number of nitrogens with zero attached hydrogens (tertiary/aromatic N) is 2. The molecule has 3 rings (SSSR count). The maximum atomic E-state index is 12.4. The third kappa shape index (κ3) is 4.64. The van der Waals surface area contributed by atoms with E-state index in [0.29, 0.717) is 15.9 Å². The highest BCUT2D eigenvalue weighted by atomic mass is 35.5. The van der Waals surface area contributed by atoms with E-state index in [9.17, 15) is 4.79 Å². The summed E-state index contributed by atoms with van der Waals surface area (Å²) in [6.07, 6.45) is -0.684. The van der Waals surface area contributed by atoms with E-state index in [1.807, 2.05) is 57.2 Å². The Morgan fingerprint density at radius 2 is 1.74 bits per heavy atom. The molecule has 0 fully saturated rings. The van der Waals surface area contributed by atoms with Crippen LogP contribution in [0.15, 0.2) is 36.4 Å². The largest absolute Gasteiger partial charge is 0.481 e. The van der Waals surface area contributed by atoms with Crippen LogP contribution in [0.25, 0.3) is 10.6 Å². The Hall–Kier alpha value is -2.44. The van der Waals surface area contributed by atoms with Gasteiger partial charge in [0.25, 0.3) is 5.91 Å². The van der Waals surface area contributed by atoms with E-state index in [0.717, 1.165) is 21.7 Å². The summed E-state index contributed by atoms with van der Waals surface area (Å²) in [6, 6.07) is 11.6. The summed E-state index contributed by atoms with van der Waals surface area (Å²) < 4.78 is 5.76. The molecule has 1 aromatic heterocycles. The van der Waals surface area contributed by atoms with Crippen LogP contribution >= 0.6 is 22.9 Å². The van der Waals surface area contributed by atoms with Gasteiger partial charge >= 0.3 is 0 Å². The maximum Gasteiger partial charge on any atom is 0.266 e. The van der Waals surface area contributed by atoms with E-state index in [-0.39, 0.29) is 5.91 Å². The second-order valence-corrected chi connectivity index (χ2v) is 7.75. The molecule has 140 valence electrons. The number of nitrogens with one attached hydrogen (secondary N) is 1. The number of halogens is 1. The maximum absolute atomic E-state index is 12.4. The van der Waals surface area contributed by atoms with Crippen LogP contribution in [0.3, 0.4) is 0 Å². The van der Waals surface area contributed by atoms with Crippen molar-refractivity contribution in [1.82, 2.24) is 10.2 Å². The molecule has 1 amide bonds. The van der Waals surface area contributed by atoms with Gasteiger partial charge in [0.2, 0.25) is 5.13 Å². The number of benzene rings is 2. The van der Waals surface area contributed by atoms with Crippen molar-refractivity contribution in [3.05, 3.63) is 58.1 Å². The number of rotatable bonds is 5. The van der Waals surface area contributed by atoms with E-state index >= 15 is 0 Å². The Labute approximate surface area is 167 Å². The molecule has 2 aromatic carbocycles. The molecule has 0 unspecified atom stereocenters. The smallest absolute Gasteiger partial charge is 0.266 e. The predicted molar refractivity (Wildman–Crippen MR) is 110 cm³/mol. The first-order valence-corrected chi connectivity index (χ1v) is 9.67. The lowest BCUT2D eigenvalue weighted by atomic mass is 10.1. The van der Waals surface area contributed by atoms with Crippen LogP contribution in [0.1, 0.15) is 23.6 Å². The topological polar surface area (TPSA) is 64.1 Å². The van der Waals surface area contributed by atoms with E-state index in [2.05, 4.69) is 15.5 Å². The standard InChI is InChI=1S/C20H20ClN3O2S/c1-11-5-7-15(8-6-11)19-23-24-20(27-19)22-18(25)14(4)26-16-9-12(2)17(21)13(3)10-16/h5-10,14H,1-4H3,(H,22,24,25)/t14-/m1/s1. The van der Waals surface area contributed by atoms with Gasteiger partial charge in [0, 0.05) is 10.6 Å². The summed E-state index contributed by atoms with van der Waals surface area (Å²) in [5.74, 6) is 0.321. The Kier molecular flexibility index (Phi) is 5.77. The number of ether oxygens (including phenoxy) is 1. The van der Waals surface area contributed by atoms with Crippen molar-refractivity contribution in [1.29, 1.82) is 0 Å². The van der Waals surface area contributed by atoms with Crippen molar-refractivity contribution < 1.29 is 9.53 Å². The third-order valence-corrected chi connectivity index (χ3v) is 5.53. The van der Waals surface area contributed by atoms with Gasteiger partial charge < -0.3 is 4.74 Å². The van der Waals surface area contributed by atoms with Crippen LogP contribution in [-0.4, -0.2) is 22.2 Å². The Bertz CT molecular complexity index is 947. The molecule has 5 nitrogen and oxygen atoms in total. The Balaban J connectivity index is 1.66. The lowest BCUT2D eigenvalue weighted by Gasteiger charge is -2.15. The van der Waals surface area contributed by atoms with Gasteiger partial charge in [0.05, 0.1) is 0 Å². The molecule has 0 spiro atoms. The van der Waals surface area contributed by atoms with Crippen molar-refractivity contribution in [3.8, 4) is 16.3 Å². The zero-order chi connectivity index (χ0) is 19.6. The van der Waals surface area contributed by atoms with Gasteiger partial charge in [-0.1, -0.05) is 52.8 Å². The summed E-state index contributed by atoms with van der Waals surface area (Å²) in [5.41, 5.74) is 3.96. The minimum atomic E-state index is -0.684. The molecular weight excluding hydrogens is 382 g/mol. The van der Waals surface area contributed by atoms with Crippen molar-refractivity contribution in [2.45, 2.75) is 33.8 Å². The van der Waals surface area contributed by atoms with Crippen LogP contribution in [0.5, 0.6) is 5.75 Å². The van der Waals surface area contributed by atoms with Crippen LogP contribution in [0, 0.1) is 20.8 Å². The molecule has 27 heavy (non-hydrogen) atoms. The first-order valence-electron chi connectivity index (χ1n) is 8.48. The van der Waals surface area contributed by atoms with Gasteiger partial charge in [-0.15, -0.1) is 10.2 Å². The lowest BCUT2D eigenvalue weighted by Crippen LogP contribution is -2.30. The quantitative estimate of drug-likeness (QED) is 0.639. The molecular formula is C20H20ClN3O2S. The average Bonchev–Trinajstić information content (AvgIpc) is 3.08. The number of hydrogen-bond acceptors (Lipinski definition) is 5. The monoisotopic (exact) mass is 401 g/mol. The van der Waals surface area contributed by atoms with Crippen LogP contribution < -0.4 is 10.1 Å². The van der Waals surface area contributed by atoms with Crippen molar-refractivity contribution in [3.63, 3.8) is 0 Å². The van der Waals surface area contributed by atoms with Gasteiger partial charge in [-0.2, -0.15) is 0 Å². The van der Waals surface area contributed by atoms with Gasteiger partial charge in [0.15, 0.2) is 6.10 Å². The average molecular weight is 402 g/mol. The Morgan fingerprint density at radius 1 is 1.11 bits per heavy atom. The summed E-state index contributed by atoms with van der Waals surface area (Å²) >= 11 is 7.49. The molecule has 0 saturated heterocycles. The number of aryl methyl sites for hydroxylation is 3. The molecule has 0 bridgehead atoms. The van der Waals surface area contributed by atoms with Crippen LogP contribution in [0.4, 0.5) is 5.13 Å². The minimum Gasteiger partial charge on any atom is -0.481 e. The highest BCUT2D eigenvalue weighted by molar-refractivity contribution is 7.18. The molecule has 0 aliphatic rings. The van der Waals surface area contributed by atoms with Crippen molar-refractivity contribution >= 4 is 34.0 Å². The normalized spacial score (nSPS) is 11.9. The number of aromatic nitrogens is 2. The van der Waals surface area contributed by atoms with E-state index in [1.54, 1.807) is 6.92 Å². The molecule has 7 heteroatoms. The fraction of sp³-hybridized carbons (Fsp3) is 0.250. The highest BCUT2D eigenvalue weighted by Gasteiger charge is 2.18. The van der Waals surface area contributed by atoms with Gasteiger partial charge in [-0.05, 0) is 51.0 Å². The van der Waals surface area contributed by atoms with Crippen LogP contribution in [-0.2, 0) is 4.79 Å². The summed E-state index contributed by atoms with van der Waals surface area (Å²) in [4.78, 5) is 12.4. The zero-order valence-corrected chi connectivity index (χ0v) is 17.1. The third-order valence-electron chi connectivity index (χ3n) is 4.05. The fourth-order valence-corrected chi connectivity index (χ4v) is 3.39. The molecule has 0 aliphatic carbocycles. The predicted octanol–water partition coefficient (Wildman–Crippen LogP) is 5.19. The van der Waals surface area contributed by atoms with Gasteiger partial charge in [0.1, 0.15) is 10.8 Å². The van der Waals surface area contributed by atoms with Crippen LogP contribution in [0.2, 0.25) is 5.02 Å². The molecule has 1 N–H and O–H groups in total. The zero-order valence-electron chi connectivity index (χ0n) is 15.5. The molecule has 0 radical (unpaired) electrons. The van der Waals surface area contributed by atoms with E-state index < -0.39 is 6.10 Å². The highest BCUT2D eigenvalue weighted by Crippen LogP contribution is 2.28. The molecule has 1 atom stereocenters. The number of carbonyl (C=O) groups excluding carboxylic acids is 1. The summed E-state index contributed by atoms with van der Waals surface area (Å²) in [5, 5.41) is 12.8. The number of carbonyl (C=O) groups is 1. The first-order chi connectivity index (χ1) is 12.8. The fourth-order valence-electron chi connectivity index (χ4n) is 2.53. The van der Waals surface area contributed by atoms with E-state index in [4.69, 9.17) is 16.3 Å². The SMILES string of the molecule is Cc1ccc(-c2nnc(NC(=O)[C@@H](C)Oc3cc(C)c(Cl)c(C)c3)s2)cc1. The Morgan fingerprint density at radius 3 is 2.37 bits per heavy atom. The second kappa shape index (κ2) is 8.06. The number of anilines is 1. The minimum absolute atomic E-state index is 0.285. The number of hydrogen-bond donors (Lipinski definition) is 1. The van der Waals surface area contributed by atoms with Gasteiger partial charge in [-0.25, -0.2) is 0 Å². The molecule has 3 aromatic rings. The molecule has 0 saturated carbocycles. The molecule has 1 heterocycles. The van der Waals surface area contributed by atoms with Gasteiger partial charge in [-0.3, -0.25) is 10.1 Å². The summed E-state index contributed by atoms with van der Waals surface area (Å²) in [6.45, 7) is 7.53.